The zero-order chi connectivity index (χ0) is 18.7. The lowest BCUT2D eigenvalue weighted by Gasteiger charge is -2.41. The lowest BCUT2D eigenvalue weighted by molar-refractivity contribution is 0.0584. The second-order valence-corrected chi connectivity index (χ2v) is 7.48. The van der Waals surface area contributed by atoms with Gasteiger partial charge in [-0.05, 0) is 40.4 Å². The summed E-state index contributed by atoms with van der Waals surface area (Å²) in [7, 11) is 0. The third-order valence-corrected chi connectivity index (χ3v) is 5.54. The number of carbonyl (C=O) groups is 1. The Morgan fingerprint density at radius 1 is 1.19 bits per heavy atom. The van der Waals surface area contributed by atoms with Crippen LogP contribution in [0.3, 0.4) is 0 Å². The summed E-state index contributed by atoms with van der Waals surface area (Å²) in [5.74, 6) is -0.412. The van der Waals surface area contributed by atoms with Crippen molar-refractivity contribution in [3.63, 3.8) is 0 Å². The predicted octanol–water partition coefficient (Wildman–Crippen LogP) is 3.75. The van der Waals surface area contributed by atoms with Crippen molar-refractivity contribution in [1.29, 1.82) is 0 Å². The van der Waals surface area contributed by atoms with Crippen molar-refractivity contribution >= 4 is 21.7 Å². The molecule has 3 rings (SSSR count). The van der Waals surface area contributed by atoms with Crippen LogP contribution in [0, 0.1) is 5.82 Å². The Kier molecular flexibility index (Phi) is 6.16. The van der Waals surface area contributed by atoms with Crippen LogP contribution in [0.2, 0.25) is 0 Å². The molecule has 1 aliphatic rings. The van der Waals surface area contributed by atoms with Gasteiger partial charge in [0.15, 0.2) is 5.78 Å². The second-order valence-electron chi connectivity index (χ2n) is 6.63. The number of nitrogens with zero attached hydrogens (tertiary/aromatic N) is 1. The maximum atomic E-state index is 14.4. The molecular formula is C20H21BrF2N2O. The van der Waals surface area contributed by atoms with E-state index in [2.05, 4.69) is 15.9 Å². The maximum absolute atomic E-state index is 14.4. The largest absolute Gasteiger partial charge is 0.324 e. The molecule has 3 atom stereocenters. The van der Waals surface area contributed by atoms with Crippen LogP contribution >= 0.6 is 15.9 Å². The number of Topliss-reactive ketones (excluding diaryl/α,β-unsaturated/α-hetero) is 1. The smallest absolute Gasteiger partial charge is 0.176 e. The first-order chi connectivity index (χ1) is 12.5. The third kappa shape index (κ3) is 4.19. The fourth-order valence-corrected chi connectivity index (χ4v) is 3.83. The number of nitrogens with two attached hydrogens (primary N) is 1. The Morgan fingerprint density at radius 3 is 2.65 bits per heavy atom. The van der Waals surface area contributed by atoms with E-state index in [4.69, 9.17) is 5.73 Å². The Bertz CT molecular complexity index is 772. The molecule has 0 unspecified atom stereocenters. The average Bonchev–Trinajstić information content (AvgIpc) is 2.65. The molecule has 0 amide bonds. The second kappa shape index (κ2) is 8.37. The number of piperidine rings is 1. The summed E-state index contributed by atoms with van der Waals surface area (Å²) in [5.41, 5.74) is 7.17. The SMILES string of the molecule is N[C@H]1[C@@H](F)CCN(CC(=O)c2ccccc2)[C@H]1Cc1cccc(Br)c1F. The van der Waals surface area contributed by atoms with E-state index in [-0.39, 0.29) is 31.0 Å². The minimum atomic E-state index is -1.15. The van der Waals surface area contributed by atoms with E-state index >= 15 is 0 Å². The Labute approximate surface area is 160 Å². The van der Waals surface area contributed by atoms with Gasteiger partial charge in [-0.3, -0.25) is 9.69 Å². The van der Waals surface area contributed by atoms with Crippen LogP contribution in [0.1, 0.15) is 22.3 Å². The van der Waals surface area contributed by atoms with Crippen molar-refractivity contribution in [3.8, 4) is 0 Å². The standard InChI is InChI=1S/C20H21BrF2N2O/c21-15-8-4-7-14(19(15)23)11-17-20(24)16(22)9-10-25(17)12-18(26)13-5-2-1-3-6-13/h1-8,16-17,20H,9-12,24H2/t16-,17-,20-/m0/s1. The van der Waals surface area contributed by atoms with E-state index in [0.29, 0.717) is 22.1 Å². The number of halogens is 3. The molecule has 0 saturated carbocycles. The first-order valence-corrected chi connectivity index (χ1v) is 9.41. The number of hydrogen-bond acceptors (Lipinski definition) is 3. The molecule has 2 aromatic carbocycles. The van der Waals surface area contributed by atoms with Crippen LogP contribution in [0.5, 0.6) is 0 Å². The molecule has 1 fully saturated rings. The van der Waals surface area contributed by atoms with Crippen LogP contribution in [-0.4, -0.2) is 42.0 Å². The molecule has 0 radical (unpaired) electrons. The zero-order valence-electron chi connectivity index (χ0n) is 14.2. The topological polar surface area (TPSA) is 46.3 Å². The van der Waals surface area contributed by atoms with Gasteiger partial charge in [-0.15, -0.1) is 0 Å². The van der Waals surface area contributed by atoms with Crippen molar-refractivity contribution < 1.29 is 13.6 Å². The molecule has 0 spiro atoms. The third-order valence-electron chi connectivity index (χ3n) is 4.93. The van der Waals surface area contributed by atoms with Crippen LogP contribution < -0.4 is 5.73 Å². The quantitative estimate of drug-likeness (QED) is 0.746. The lowest BCUT2D eigenvalue weighted by Crippen LogP contribution is -2.59. The number of ketones is 1. The molecule has 26 heavy (non-hydrogen) atoms. The summed E-state index contributed by atoms with van der Waals surface area (Å²) < 4.78 is 28.9. The van der Waals surface area contributed by atoms with Gasteiger partial charge in [0.2, 0.25) is 0 Å². The fraction of sp³-hybridized carbons (Fsp3) is 0.350. The summed E-state index contributed by atoms with van der Waals surface area (Å²) in [5, 5.41) is 0. The number of alkyl halides is 1. The molecular weight excluding hydrogens is 402 g/mol. The molecule has 1 saturated heterocycles. The number of hydrogen-bond donors (Lipinski definition) is 1. The molecule has 0 bridgehead atoms. The van der Waals surface area contributed by atoms with Crippen molar-refractivity contribution in [2.45, 2.75) is 31.1 Å². The lowest BCUT2D eigenvalue weighted by atomic mass is 9.89. The Balaban J connectivity index is 1.80. The van der Waals surface area contributed by atoms with Crippen molar-refractivity contribution in [2.24, 2.45) is 5.73 Å². The van der Waals surface area contributed by atoms with E-state index in [1.807, 2.05) is 11.0 Å². The highest BCUT2D eigenvalue weighted by molar-refractivity contribution is 9.10. The monoisotopic (exact) mass is 422 g/mol. The van der Waals surface area contributed by atoms with Gasteiger partial charge in [0, 0.05) is 18.2 Å². The summed E-state index contributed by atoms with van der Waals surface area (Å²) in [4.78, 5) is 14.4. The average molecular weight is 423 g/mol. The van der Waals surface area contributed by atoms with E-state index < -0.39 is 18.3 Å². The van der Waals surface area contributed by atoms with E-state index in [9.17, 15) is 13.6 Å². The van der Waals surface area contributed by atoms with Gasteiger partial charge in [-0.2, -0.15) is 0 Å². The Morgan fingerprint density at radius 2 is 1.92 bits per heavy atom. The van der Waals surface area contributed by atoms with Crippen LogP contribution in [0.4, 0.5) is 8.78 Å². The molecule has 3 nitrogen and oxygen atoms in total. The molecule has 138 valence electrons. The molecule has 2 N–H and O–H groups in total. The highest BCUT2D eigenvalue weighted by atomic mass is 79.9. The summed E-state index contributed by atoms with van der Waals surface area (Å²) in [6.45, 7) is 0.568. The first-order valence-electron chi connectivity index (χ1n) is 8.62. The highest BCUT2D eigenvalue weighted by Crippen LogP contribution is 2.26. The van der Waals surface area contributed by atoms with E-state index in [1.165, 1.54) is 0 Å². The van der Waals surface area contributed by atoms with Crippen molar-refractivity contribution in [3.05, 3.63) is 69.9 Å². The highest BCUT2D eigenvalue weighted by Gasteiger charge is 2.37. The van der Waals surface area contributed by atoms with Gasteiger partial charge in [0.25, 0.3) is 0 Å². The van der Waals surface area contributed by atoms with Crippen LogP contribution in [-0.2, 0) is 6.42 Å². The summed E-state index contributed by atoms with van der Waals surface area (Å²) in [6, 6.07) is 12.8. The molecule has 1 heterocycles. The van der Waals surface area contributed by atoms with E-state index in [0.717, 1.165) is 0 Å². The zero-order valence-corrected chi connectivity index (χ0v) is 15.8. The predicted molar refractivity (Wildman–Crippen MR) is 101 cm³/mol. The van der Waals surface area contributed by atoms with Gasteiger partial charge in [0.05, 0.1) is 17.1 Å². The van der Waals surface area contributed by atoms with Gasteiger partial charge in [-0.25, -0.2) is 8.78 Å². The van der Waals surface area contributed by atoms with Gasteiger partial charge in [0.1, 0.15) is 12.0 Å². The van der Waals surface area contributed by atoms with Crippen LogP contribution in [0.15, 0.2) is 53.0 Å². The van der Waals surface area contributed by atoms with Gasteiger partial charge in [-0.1, -0.05) is 42.5 Å². The molecule has 0 aromatic heterocycles. The van der Waals surface area contributed by atoms with Crippen LogP contribution in [0.25, 0.3) is 0 Å². The summed E-state index contributed by atoms with van der Waals surface area (Å²) in [6.07, 6.45) is -0.617. The van der Waals surface area contributed by atoms with E-state index in [1.54, 1.807) is 42.5 Å². The molecule has 6 heteroatoms. The molecule has 0 aliphatic carbocycles. The van der Waals surface area contributed by atoms with Gasteiger partial charge >= 0.3 is 0 Å². The van der Waals surface area contributed by atoms with Gasteiger partial charge < -0.3 is 5.73 Å². The van der Waals surface area contributed by atoms with Crippen molar-refractivity contribution in [1.82, 2.24) is 4.90 Å². The molecule has 2 aromatic rings. The minimum absolute atomic E-state index is 0.0465. The van der Waals surface area contributed by atoms with Crippen molar-refractivity contribution in [2.75, 3.05) is 13.1 Å². The minimum Gasteiger partial charge on any atom is -0.324 e. The Hall–Kier alpha value is -1.63. The number of carbonyl (C=O) groups excluding carboxylic acids is 1. The molecule has 1 aliphatic heterocycles. The number of benzene rings is 2. The fourth-order valence-electron chi connectivity index (χ4n) is 3.42. The number of likely N-dealkylation sites (tertiary alicyclic amines) is 1. The normalized spacial score (nSPS) is 23.8. The number of rotatable bonds is 5. The maximum Gasteiger partial charge on any atom is 0.176 e. The first kappa shape index (κ1) is 19.1. The summed E-state index contributed by atoms with van der Waals surface area (Å²) >= 11 is 3.18.